The molecule has 1 heterocycles. The molecular weight excluding hydrogens is 304 g/mol. The van der Waals surface area contributed by atoms with Gasteiger partial charge in [-0.1, -0.05) is 12.7 Å². The molecule has 122 valence electrons. The van der Waals surface area contributed by atoms with Crippen LogP contribution in [0.15, 0.2) is 30.9 Å². The van der Waals surface area contributed by atoms with Gasteiger partial charge in [0.05, 0.1) is 7.11 Å². The average Bonchev–Trinajstić information content (AvgIpc) is 2.52. The predicted molar refractivity (Wildman–Crippen MR) is 89.0 cm³/mol. The second-order valence-electron chi connectivity index (χ2n) is 5.12. The third-order valence-electron chi connectivity index (χ3n) is 3.51. The Morgan fingerprint density at radius 3 is 2.91 bits per heavy atom. The number of nitrogens with zero attached hydrogens (tertiary/aromatic N) is 1. The zero-order valence-electron chi connectivity index (χ0n) is 12.8. The minimum Gasteiger partial charge on any atom is -0.493 e. The molecule has 1 aromatic rings. The molecule has 0 aliphatic carbocycles. The Morgan fingerprint density at radius 2 is 2.27 bits per heavy atom. The summed E-state index contributed by atoms with van der Waals surface area (Å²) < 4.78 is 10.8. The average molecular weight is 327 g/mol. The third kappa shape index (κ3) is 4.39. The first-order chi connectivity index (χ1) is 10.2. The van der Waals surface area contributed by atoms with Crippen LogP contribution in [-0.2, 0) is 0 Å². The standard InChI is InChI=1S/C16H22N2O3.ClH/c1-3-9-21-14-7-6-12(10-15(14)20-2)16(19)18-8-4-5-13(17)11-18;/h3,6-7,10,13H,1,4-5,8-9,11,17H2,2H3;1H. The van der Waals surface area contributed by atoms with E-state index < -0.39 is 0 Å². The molecule has 0 aromatic heterocycles. The fourth-order valence-corrected chi connectivity index (χ4v) is 2.45. The quantitative estimate of drug-likeness (QED) is 0.843. The molecule has 0 radical (unpaired) electrons. The number of nitrogens with two attached hydrogens (primary N) is 1. The van der Waals surface area contributed by atoms with Gasteiger partial charge in [0.15, 0.2) is 11.5 Å². The van der Waals surface area contributed by atoms with E-state index in [4.69, 9.17) is 15.2 Å². The molecule has 6 heteroatoms. The summed E-state index contributed by atoms with van der Waals surface area (Å²) in [7, 11) is 1.56. The van der Waals surface area contributed by atoms with Crippen molar-refractivity contribution >= 4 is 18.3 Å². The fraction of sp³-hybridized carbons (Fsp3) is 0.438. The van der Waals surface area contributed by atoms with Crippen LogP contribution in [0, 0.1) is 0 Å². The van der Waals surface area contributed by atoms with Crippen molar-refractivity contribution in [1.29, 1.82) is 0 Å². The van der Waals surface area contributed by atoms with Crippen molar-refractivity contribution in [2.75, 3.05) is 26.8 Å². The number of halogens is 1. The molecule has 22 heavy (non-hydrogen) atoms. The monoisotopic (exact) mass is 326 g/mol. The van der Waals surface area contributed by atoms with E-state index in [0.29, 0.717) is 30.2 Å². The molecule has 5 nitrogen and oxygen atoms in total. The van der Waals surface area contributed by atoms with Crippen molar-refractivity contribution < 1.29 is 14.3 Å². The van der Waals surface area contributed by atoms with Gasteiger partial charge in [0.1, 0.15) is 6.61 Å². The molecule has 2 rings (SSSR count). The number of hydrogen-bond donors (Lipinski definition) is 1. The van der Waals surface area contributed by atoms with Crippen molar-refractivity contribution in [3.05, 3.63) is 36.4 Å². The SMILES string of the molecule is C=CCOc1ccc(C(=O)N2CCCC(N)C2)cc1OC.Cl. The van der Waals surface area contributed by atoms with Gasteiger partial charge in [0, 0.05) is 24.7 Å². The molecule has 1 amide bonds. The van der Waals surface area contributed by atoms with E-state index in [9.17, 15) is 4.79 Å². The van der Waals surface area contributed by atoms with Gasteiger partial charge in [0.2, 0.25) is 0 Å². The lowest BCUT2D eigenvalue weighted by molar-refractivity contribution is 0.0708. The highest BCUT2D eigenvalue weighted by Crippen LogP contribution is 2.29. The van der Waals surface area contributed by atoms with Crippen molar-refractivity contribution in [2.45, 2.75) is 18.9 Å². The van der Waals surface area contributed by atoms with E-state index in [1.807, 2.05) is 0 Å². The van der Waals surface area contributed by atoms with Gasteiger partial charge in [-0.05, 0) is 31.0 Å². The molecule has 2 N–H and O–H groups in total. The van der Waals surface area contributed by atoms with E-state index in [-0.39, 0.29) is 24.4 Å². The van der Waals surface area contributed by atoms with Crippen LogP contribution < -0.4 is 15.2 Å². The lowest BCUT2D eigenvalue weighted by Gasteiger charge is -2.31. The highest BCUT2D eigenvalue weighted by molar-refractivity contribution is 5.95. The number of amides is 1. The number of benzene rings is 1. The zero-order valence-corrected chi connectivity index (χ0v) is 13.6. The van der Waals surface area contributed by atoms with E-state index in [0.717, 1.165) is 19.4 Å². The number of hydrogen-bond acceptors (Lipinski definition) is 4. The van der Waals surface area contributed by atoms with Gasteiger partial charge < -0.3 is 20.1 Å². The lowest BCUT2D eigenvalue weighted by atomic mass is 10.1. The summed E-state index contributed by atoms with van der Waals surface area (Å²) >= 11 is 0. The van der Waals surface area contributed by atoms with Crippen molar-refractivity contribution in [3.8, 4) is 11.5 Å². The van der Waals surface area contributed by atoms with Crippen molar-refractivity contribution in [2.24, 2.45) is 5.73 Å². The predicted octanol–water partition coefficient (Wildman–Crippen LogP) is 2.25. The van der Waals surface area contributed by atoms with Crippen LogP contribution in [0.2, 0.25) is 0 Å². The molecule has 0 saturated carbocycles. The highest BCUT2D eigenvalue weighted by Gasteiger charge is 2.23. The van der Waals surface area contributed by atoms with E-state index >= 15 is 0 Å². The van der Waals surface area contributed by atoms with Gasteiger partial charge in [-0.3, -0.25) is 4.79 Å². The molecule has 1 aromatic carbocycles. The summed E-state index contributed by atoms with van der Waals surface area (Å²) in [6, 6.07) is 5.28. The molecule has 1 aliphatic heterocycles. The normalized spacial score (nSPS) is 17.4. The molecule has 1 unspecified atom stereocenters. The summed E-state index contributed by atoms with van der Waals surface area (Å²) in [5, 5.41) is 0. The highest BCUT2D eigenvalue weighted by atomic mass is 35.5. The van der Waals surface area contributed by atoms with Gasteiger partial charge in [-0.25, -0.2) is 0 Å². The largest absolute Gasteiger partial charge is 0.493 e. The van der Waals surface area contributed by atoms with E-state index in [2.05, 4.69) is 6.58 Å². The number of rotatable bonds is 5. The van der Waals surface area contributed by atoms with E-state index in [1.54, 1.807) is 36.3 Å². The lowest BCUT2D eigenvalue weighted by Crippen LogP contribution is -2.45. The maximum Gasteiger partial charge on any atom is 0.254 e. The molecule has 1 saturated heterocycles. The number of methoxy groups -OCH3 is 1. The smallest absolute Gasteiger partial charge is 0.254 e. The number of piperidine rings is 1. The number of carbonyl (C=O) groups excluding carboxylic acids is 1. The van der Waals surface area contributed by atoms with Gasteiger partial charge in [-0.2, -0.15) is 0 Å². The van der Waals surface area contributed by atoms with Gasteiger partial charge in [-0.15, -0.1) is 12.4 Å². The molecule has 0 bridgehead atoms. The zero-order chi connectivity index (χ0) is 15.2. The third-order valence-corrected chi connectivity index (χ3v) is 3.51. The molecule has 0 spiro atoms. The first-order valence-corrected chi connectivity index (χ1v) is 7.12. The fourth-order valence-electron chi connectivity index (χ4n) is 2.45. The second-order valence-corrected chi connectivity index (χ2v) is 5.12. The van der Waals surface area contributed by atoms with Gasteiger partial charge >= 0.3 is 0 Å². The minimum atomic E-state index is -0.0151. The van der Waals surface area contributed by atoms with Crippen LogP contribution in [0.5, 0.6) is 11.5 Å². The summed E-state index contributed by atoms with van der Waals surface area (Å²) in [6.07, 6.45) is 3.58. The second kappa shape index (κ2) is 8.66. The summed E-state index contributed by atoms with van der Waals surface area (Å²) in [4.78, 5) is 14.3. The van der Waals surface area contributed by atoms with Crippen LogP contribution in [0.1, 0.15) is 23.2 Å². The Bertz CT molecular complexity index is 522. The summed E-state index contributed by atoms with van der Waals surface area (Å²) in [6.45, 7) is 5.36. The summed E-state index contributed by atoms with van der Waals surface area (Å²) in [5.41, 5.74) is 6.52. The molecular formula is C16H23ClN2O3. The van der Waals surface area contributed by atoms with Crippen LogP contribution in [0.25, 0.3) is 0 Å². The minimum absolute atomic E-state index is 0. The molecule has 1 atom stereocenters. The number of ether oxygens (including phenoxy) is 2. The molecule has 1 fully saturated rings. The summed E-state index contributed by atoms with van der Waals surface area (Å²) in [5.74, 6) is 1.13. The van der Waals surface area contributed by atoms with Crippen LogP contribution in [0.4, 0.5) is 0 Å². The maximum atomic E-state index is 12.5. The van der Waals surface area contributed by atoms with Crippen molar-refractivity contribution in [3.63, 3.8) is 0 Å². The number of carbonyl (C=O) groups is 1. The Balaban J connectivity index is 0.00000242. The number of likely N-dealkylation sites (tertiary alicyclic amines) is 1. The van der Waals surface area contributed by atoms with Crippen molar-refractivity contribution in [1.82, 2.24) is 4.90 Å². The van der Waals surface area contributed by atoms with Crippen LogP contribution in [-0.4, -0.2) is 43.7 Å². The maximum absolute atomic E-state index is 12.5. The topological polar surface area (TPSA) is 64.8 Å². The van der Waals surface area contributed by atoms with Crippen LogP contribution >= 0.6 is 12.4 Å². The first kappa shape index (κ1) is 18.3. The van der Waals surface area contributed by atoms with Gasteiger partial charge in [0.25, 0.3) is 5.91 Å². The first-order valence-electron chi connectivity index (χ1n) is 7.12. The Morgan fingerprint density at radius 1 is 1.50 bits per heavy atom. The van der Waals surface area contributed by atoms with E-state index in [1.165, 1.54) is 0 Å². The molecule has 1 aliphatic rings. The Hall–Kier alpha value is -1.72. The van der Waals surface area contributed by atoms with Crippen LogP contribution in [0.3, 0.4) is 0 Å². The Kier molecular flexibility index (Phi) is 7.21. The Labute approximate surface area is 137 Å².